The summed E-state index contributed by atoms with van der Waals surface area (Å²) in [4.78, 5) is 16.0. The highest BCUT2D eigenvalue weighted by Gasteiger charge is 2.23. The summed E-state index contributed by atoms with van der Waals surface area (Å²) in [6.45, 7) is 6.05. The van der Waals surface area contributed by atoms with Gasteiger partial charge < -0.3 is 15.4 Å². The standard InChI is InChI=1S/C16H26N4O4S/c1-12(20-8-6-19(2)7-9-20)11-18-25(22,23)13-4-5-15(24-3)14(10-13)16(17)21/h4-5,10,12,18H,6-9,11H2,1-3H3,(H2,17,21). The van der Waals surface area contributed by atoms with Crippen LogP contribution in [0.1, 0.15) is 17.3 Å². The molecule has 0 aromatic heterocycles. The van der Waals surface area contributed by atoms with Crippen molar-refractivity contribution in [3.63, 3.8) is 0 Å². The summed E-state index contributed by atoms with van der Waals surface area (Å²) in [6, 6.07) is 4.15. The molecule has 1 aromatic carbocycles. The number of methoxy groups -OCH3 is 1. The molecule has 140 valence electrons. The lowest BCUT2D eigenvalue weighted by Gasteiger charge is -2.36. The fraction of sp³-hybridized carbons (Fsp3) is 0.562. The summed E-state index contributed by atoms with van der Waals surface area (Å²) >= 11 is 0. The van der Waals surface area contributed by atoms with Crippen molar-refractivity contribution in [1.82, 2.24) is 14.5 Å². The van der Waals surface area contributed by atoms with E-state index in [9.17, 15) is 13.2 Å². The van der Waals surface area contributed by atoms with Gasteiger partial charge in [0, 0.05) is 38.8 Å². The number of nitrogens with one attached hydrogen (secondary N) is 1. The van der Waals surface area contributed by atoms with E-state index in [1.54, 1.807) is 0 Å². The number of amides is 1. The molecule has 1 fully saturated rings. The molecule has 0 saturated carbocycles. The van der Waals surface area contributed by atoms with Crippen molar-refractivity contribution in [3.8, 4) is 5.75 Å². The predicted molar refractivity (Wildman–Crippen MR) is 95.2 cm³/mol. The highest BCUT2D eigenvalue weighted by Crippen LogP contribution is 2.22. The van der Waals surface area contributed by atoms with Gasteiger partial charge in [-0.1, -0.05) is 0 Å². The zero-order valence-corrected chi connectivity index (χ0v) is 15.7. The lowest BCUT2D eigenvalue weighted by Crippen LogP contribution is -2.51. The van der Waals surface area contributed by atoms with Crippen LogP contribution in [0.3, 0.4) is 0 Å². The first-order chi connectivity index (χ1) is 11.7. The number of primary amides is 1. The van der Waals surface area contributed by atoms with Crippen molar-refractivity contribution in [2.75, 3.05) is 46.9 Å². The molecule has 0 spiro atoms. The smallest absolute Gasteiger partial charge is 0.252 e. The van der Waals surface area contributed by atoms with Gasteiger partial charge in [0.05, 0.1) is 17.6 Å². The number of carbonyl (C=O) groups is 1. The number of rotatable bonds is 7. The average Bonchev–Trinajstić information content (AvgIpc) is 2.59. The molecule has 1 heterocycles. The second kappa shape index (κ2) is 8.13. The Morgan fingerprint density at radius 2 is 1.96 bits per heavy atom. The Morgan fingerprint density at radius 3 is 2.52 bits per heavy atom. The summed E-state index contributed by atoms with van der Waals surface area (Å²) in [5.41, 5.74) is 5.33. The largest absolute Gasteiger partial charge is 0.496 e. The van der Waals surface area contributed by atoms with Crippen LogP contribution in [0.5, 0.6) is 5.75 Å². The molecule has 1 aliphatic heterocycles. The van der Waals surface area contributed by atoms with E-state index in [1.165, 1.54) is 25.3 Å². The second-order valence-electron chi connectivity index (χ2n) is 6.27. The summed E-state index contributed by atoms with van der Waals surface area (Å²) in [5, 5.41) is 0. The average molecular weight is 370 g/mol. The van der Waals surface area contributed by atoms with Gasteiger partial charge in [-0.3, -0.25) is 9.69 Å². The number of hydrogen-bond donors (Lipinski definition) is 2. The molecule has 0 radical (unpaired) electrons. The summed E-state index contributed by atoms with van der Waals surface area (Å²) in [7, 11) is -0.267. The third-order valence-corrected chi connectivity index (χ3v) is 5.90. The van der Waals surface area contributed by atoms with Gasteiger partial charge in [0.15, 0.2) is 0 Å². The third kappa shape index (κ3) is 4.91. The number of piperazine rings is 1. The topological polar surface area (TPSA) is 105 Å². The van der Waals surface area contributed by atoms with Gasteiger partial charge in [0.1, 0.15) is 5.75 Å². The van der Waals surface area contributed by atoms with E-state index in [0.29, 0.717) is 6.54 Å². The molecule has 8 nitrogen and oxygen atoms in total. The molecule has 1 aliphatic rings. The fourth-order valence-corrected chi connectivity index (χ4v) is 3.90. The highest BCUT2D eigenvalue weighted by atomic mass is 32.2. The number of carbonyl (C=O) groups excluding carboxylic acids is 1. The number of nitrogens with zero attached hydrogens (tertiary/aromatic N) is 2. The minimum Gasteiger partial charge on any atom is -0.496 e. The third-order valence-electron chi connectivity index (χ3n) is 4.48. The summed E-state index contributed by atoms with van der Waals surface area (Å²) in [6.07, 6.45) is 0. The second-order valence-corrected chi connectivity index (χ2v) is 8.03. The molecule has 1 aromatic rings. The van der Waals surface area contributed by atoms with E-state index >= 15 is 0 Å². The predicted octanol–water partition coefficient (Wildman–Crippen LogP) is -0.292. The molecule has 1 amide bonds. The van der Waals surface area contributed by atoms with Crippen molar-refractivity contribution in [1.29, 1.82) is 0 Å². The van der Waals surface area contributed by atoms with Crippen molar-refractivity contribution in [2.45, 2.75) is 17.9 Å². The Labute approximate surface area is 149 Å². The zero-order chi connectivity index (χ0) is 18.6. The molecule has 1 saturated heterocycles. The molecule has 9 heteroatoms. The molecule has 25 heavy (non-hydrogen) atoms. The van der Waals surface area contributed by atoms with E-state index in [2.05, 4.69) is 21.6 Å². The van der Waals surface area contributed by atoms with Crippen molar-refractivity contribution >= 4 is 15.9 Å². The molecule has 2 rings (SSSR count). The van der Waals surface area contributed by atoms with Gasteiger partial charge in [-0.25, -0.2) is 13.1 Å². The Kier molecular flexibility index (Phi) is 6.39. The highest BCUT2D eigenvalue weighted by molar-refractivity contribution is 7.89. The zero-order valence-electron chi connectivity index (χ0n) is 14.9. The van der Waals surface area contributed by atoms with Gasteiger partial charge in [-0.05, 0) is 32.2 Å². The van der Waals surface area contributed by atoms with Gasteiger partial charge in [0.25, 0.3) is 5.91 Å². The fourth-order valence-electron chi connectivity index (χ4n) is 2.75. The SMILES string of the molecule is COc1ccc(S(=O)(=O)NCC(C)N2CCN(C)CC2)cc1C(N)=O. The molecular formula is C16H26N4O4S. The minimum atomic E-state index is -3.74. The number of nitrogens with two attached hydrogens (primary N) is 1. The number of ether oxygens (including phenoxy) is 1. The molecule has 0 aliphatic carbocycles. The Balaban J connectivity index is 2.06. The van der Waals surface area contributed by atoms with Crippen LogP contribution < -0.4 is 15.2 Å². The Bertz CT molecular complexity index is 715. The van der Waals surface area contributed by atoms with Gasteiger partial charge in [-0.15, -0.1) is 0 Å². The number of likely N-dealkylation sites (N-methyl/N-ethyl adjacent to an activating group) is 1. The van der Waals surface area contributed by atoms with Crippen molar-refractivity contribution < 1.29 is 17.9 Å². The molecule has 1 atom stereocenters. The van der Waals surface area contributed by atoms with Crippen LogP contribution in [-0.2, 0) is 10.0 Å². The summed E-state index contributed by atoms with van der Waals surface area (Å²) in [5.74, 6) is -0.489. The summed E-state index contributed by atoms with van der Waals surface area (Å²) < 4.78 is 32.7. The van der Waals surface area contributed by atoms with Gasteiger partial charge >= 0.3 is 0 Å². The minimum absolute atomic E-state index is 0.00678. The maximum atomic E-state index is 12.5. The first-order valence-corrected chi connectivity index (χ1v) is 9.63. The number of hydrogen-bond acceptors (Lipinski definition) is 6. The number of benzene rings is 1. The quantitative estimate of drug-likeness (QED) is 0.683. The van der Waals surface area contributed by atoms with Crippen molar-refractivity contribution in [2.24, 2.45) is 5.73 Å². The molecule has 1 unspecified atom stereocenters. The van der Waals surface area contributed by atoms with E-state index in [-0.39, 0.29) is 22.3 Å². The molecule has 3 N–H and O–H groups in total. The molecule has 0 bridgehead atoms. The maximum absolute atomic E-state index is 12.5. The lowest BCUT2D eigenvalue weighted by atomic mass is 10.2. The van der Waals surface area contributed by atoms with Crippen LogP contribution in [0.2, 0.25) is 0 Å². The van der Waals surface area contributed by atoms with Crippen molar-refractivity contribution in [3.05, 3.63) is 23.8 Å². The first-order valence-electron chi connectivity index (χ1n) is 8.14. The normalized spacial score (nSPS) is 18.0. The Morgan fingerprint density at radius 1 is 1.32 bits per heavy atom. The first kappa shape index (κ1) is 19.6. The Hall–Kier alpha value is -1.68. The van der Waals surface area contributed by atoms with E-state index in [0.717, 1.165) is 26.2 Å². The maximum Gasteiger partial charge on any atom is 0.252 e. The van der Waals surface area contributed by atoms with Crippen LogP contribution >= 0.6 is 0 Å². The van der Waals surface area contributed by atoms with Crippen LogP contribution in [0, 0.1) is 0 Å². The van der Waals surface area contributed by atoms with Crippen LogP contribution in [-0.4, -0.2) is 77.0 Å². The monoisotopic (exact) mass is 370 g/mol. The van der Waals surface area contributed by atoms with Crippen LogP contribution in [0.15, 0.2) is 23.1 Å². The number of sulfonamides is 1. The lowest BCUT2D eigenvalue weighted by molar-refractivity contribution is 0.0997. The van der Waals surface area contributed by atoms with E-state index < -0.39 is 15.9 Å². The van der Waals surface area contributed by atoms with E-state index in [1.807, 2.05) is 6.92 Å². The van der Waals surface area contributed by atoms with Crippen LogP contribution in [0.4, 0.5) is 0 Å². The van der Waals surface area contributed by atoms with Crippen LogP contribution in [0.25, 0.3) is 0 Å². The van der Waals surface area contributed by atoms with E-state index in [4.69, 9.17) is 10.5 Å². The molecular weight excluding hydrogens is 344 g/mol. The van der Waals surface area contributed by atoms with Gasteiger partial charge in [-0.2, -0.15) is 0 Å². The van der Waals surface area contributed by atoms with Gasteiger partial charge in [0.2, 0.25) is 10.0 Å².